The minimum atomic E-state index is -0.258. The molecule has 4 aromatic rings. The molecule has 2 aromatic heterocycles. The number of nitrogens with two attached hydrogens (primary N) is 1. The third-order valence-electron chi connectivity index (χ3n) is 5.50. The molecule has 3 heterocycles. The van der Waals surface area contributed by atoms with Crippen molar-refractivity contribution < 1.29 is 4.39 Å². The molecular weight excluding hydrogens is 377 g/mol. The lowest BCUT2D eigenvalue weighted by Crippen LogP contribution is -2.33. The van der Waals surface area contributed by atoms with E-state index in [-0.39, 0.29) is 5.82 Å². The van der Waals surface area contributed by atoms with Crippen LogP contribution >= 0.6 is 0 Å². The lowest BCUT2D eigenvalue weighted by atomic mass is 9.98. The molecular formula is C24H22FN5. The van der Waals surface area contributed by atoms with Crippen LogP contribution in [-0.2, 0) is 19.6 Å². The number of nitrogens with zero attached hydrogens (tertiary/aromatic N) is 4. The molecule has 0 spiro atoms. The van der Waals surface area contributed by atoms with Gasteiger partial charge in [-0.3, -0.25) is 9.58 Å². The average Bonchev–Trinajstić information content (AvgIpc) is 3.14. The maximum Gasteiger partial charge on any atom is 0.123 e. The van der Waals surface area contributed by atoms with Crippen molar-refractivity contribution in [2.75, 3.05) is 12.3 Å². The van der Waals surface area contributed by atoms with Gasteiger partial charge >= 0.3 is 0 Å². The summed E-state index contributed by atoms with van der Waals surface area (Å²) in [7, 11) is 0. The number of pyridine rings is 1. The van der Waals surface area contributed by atoms with Crippen LogP contribution in [0.25, 0.3) is 22.4 Å². The first-order valence-corrected chi connectivity index (χ1v) is 10.0. The molecule has 0 unspecified atom stereocenters. The number of hydrogen-bond acceptors (Lipinski definition) is 4. The fourth-order valence-electron chi connectivity index (χ4n) is 4.06. The summed E-state index contributed by atoms with van der Waals surface area (Å²) >= 11 is 0. The number of hydrogen-bond donors (Lipinski definition) is 1. The molecule has 150 valence electrons. The highest BCUT2D eigenvalue weighted by atomic mass is 19.1. The van der Waals surface area contributed by atoms with Crippen LogP contribution in [0.15, 0.2) is 72.9 Å². The number of fused-ring (bicyclic) bond motifs is 1. The van der Waals surface area contributed by atoms with Crippen molar-refractivity contribution in [3.63, 3.8) is 0 Å². The van der Waals surface area contributed by atoms with Crippen LogP contribution in [-0.4, -0.2) is 26.2 Å². The van der Waals surface area contributed by atoms with Gasteiger partial charge < -0.3 is 5.73 Å². The first-order valence-electron chi connectivity index (χ1n) is 10.0. The summed E-state index contributed by atoms with van der Waals surface area (Å²) in [6.07, 6.45) is 1.72. The Bertz CT molecular complexity index is 1170. The summed E-state index contributed by atoms with van der Waals surface area (Å²) in [4.78, 5) is 6.56. The van der Waals surface area contributed by atoms with Crippen LogP contribution in [0.2, 0.25) is 0 Å². The molecule has 0 atom stereocenters. The van der Waals surface area contributed by atoms with E-state index in [1.807, 2.05) is 18.2 Å². The standard InChI is InChI=1S/C24H22FN5/c25-20-8-6-18(7-9-20)24-23(19-10-11-27-22(26)14-19)21-16-29(12-13-30(21)28-24)15-17-4-2-1-3-5-17/h1-11,14H,12-13,15-16H2,(H2,26,27). The van der Waals surface area contributed by atoms with E-state index >= 15 is 0 Å². The maximum absolute atomic E-state index is 13.5. The van der Waals surface area contributed by atoms with E-state index in [4.69, 9.17) is 10.8 Å². The van der Waals surface area contributed by atoms with Gasteiger partial charge in [0.1, 0.15) is 17.3 Å². The Morgan fingerprint density at radius 2 is 1.73 bits per heavy atom. The van der Waals surface area contributed by atoms with Gasteiger partial charge in [0.15, 0.2) is 0 Å². The molecule has 1 aliphatic heterocycles. The van der Waals surface area contributed by atoms with Crippen LogP contribution in [0.5, 0.6) is 0 Å². The second kappa shape index (κ2) is 7.72. The van der Waals surface area contributed by atoms with Gasteiger partial charge in [-0.25, -0.2) is 9.37 Å². The largest absolute Gasteiger partial charge is 0.384 e. The molecule has 2 aromatic carbocycles. The van der Waals surface area contributed by atoms with E-state index < -0.39 is 0 Å². The Labute approximate surface area is 174 Å². The van der Waals surface area contributed by atoms with Gasteiger partial charge in [-0.1, -0.05) is 30.3 Å². The van der Waals surface area contributed by atoms with Crippen molar-refractivity contribution in [2.45, 2.75) is 19.6 Å². The van der Waals surface area contributed by atoms with Crippen LogP contribution in [0.1, 0.15) is 11.3 Å². The Kier molecular flexibility index (Phi) is 4.77. The summed E-state index contributed by atoms with van der Waals surface area (Å²) in [5.41, 5.74) is 12.2. The Morgan fingerprint density at radius 1 is 0.933 bits per heavy atom. The van der Waals surface area contributed by atoms with Gasteiger partial charge in [0.05, 0.1) is 12.2 Å². The summed E-state index contributed by atoms with van der Waals surface area (Å²) < 4.78 is 15.6. The molecule has 0 amide bonds. The van der Waals surface area contributed by atoms with Gasteiger partial charge in [-0.05, 0) is 47.5 Å². The monoisotopic (exact) mass is 399 g/mol. The Hall–Kier alpha value is -3.51. The molecule has 0 fully saturated rings. The zero-order chi connectivity index (χ0) is 20.5. The fourth-order valence-corrected chi connectivity index (χ4v) is 4.06. The normalized spacial score (nSPS) is 13.9. The molecule has 6 heteroatoms. The number of halogens is 1. The second-order valence-corrected chi connectivity index (χ2v) is 7.57. The predicted octanol–water partition coefficient (Wildman–Crippen LogP) is 4.35. The number of nitrogen functional groups attached to an aromatic ring is 1. The number of rotatable bonds is 4. The van der Waals surface area contributed by atoms with E-state index in [2.05, 4.69) is 38.8 Å². The van der Waals surface area contributed by atoms with E-state index in [9.17, 15) is 4.39 Å². The third kappa shape index (κ3) is 3.57. The van der Waals surface area contributed by atoms with Crippen molar-refractivity contribution in [1.82, 2.24) is 19.7 Å². The summed E-state index contributed by atoms with van der Waals surface area (Å²) in [5, 5.41) is 4.90. The lowest BCUT2D eigenvalue weighted by Gasteiger charge is -2.28. The first-order chi connectivity index (χ1) is 14.7. The van der Waals surface area contributed by atoms with Crippen LogP contribution in [0, 0.1) is 5.82 Å². The average molecular weight is 399 g/mol. The Balaban J connectivity index is 1.58. The van der Waals surface area contributed by atoms with E-state index in [1.165, 1.54) is 17.7 Å². The van der Waals surface area contributed by atoms with Crippen molar-refractivity contribution in [2.24, 2.45) is 0 Å². The minimum Gasteiger partial charge on any atom is -0.384 e. The topological polar surface area (TPSA) is 60.0 Å². The fraction of sp³-hybridized carbons (Fsp3) is 0.167. The zero-order valence-corrected chi connectivity index (χ0v) is 16.5. The van der Waals surface area contributed by atoms with E-state index in [0.29, 0.717) is 5.82 Å². The number of benzene rings is 2. The van der Waals surface area contributed by atoms with Gasteiger partial charge in [0.25, 0.3) is 0 Å². The van der Waals surface area contributed by atoms with Gasteiger partial charge in [0, 0.05) is 37.0 Å². The molecule has 1 aliphatic rings. The highest BCUT2D eigenvalue weighted by Crippen LogP contribution is 2.37. The summed E-state index contributed by atoms with van der Waals surface area (Å²) in [5.74, 6) is 0.209. The van der Waals surface area contributed by atoms with Crippen molar-refractivity contribution in [1.29, 1.82) is 0 Å². The Morgan fingerprint density at radius 3 is 2.50 bits per heavy atom. The molecule has 30 heavy (non-hydrogen) atoms. The van der Waals surface area contributed by atoms with E-state index in [0.717, 1.165) is 54.3 Å². The molecule has 0 saturated heterocycles. The zero-order valence-electron chi connectivity index (χ0n) is 16.5. The van der Waals surface area contributed by atoms with Crippen molar-refractivity contribution in [3.05, 3.63) is 90.0 Å². The van der Waals surface area contributed by atoms with Crippen LogP contribution in [0.3, 0.4) is 0 Å². The van der Waals surface area contributed by atoms with Crippen molar-refractivity contribution in [3.8, 4) is 22.4 Å². The smallest absolute Gasteiger partial charge is 0.123 e. The molecule has 5 nitrogen and oxygen atoms in total. The highest BCUT2D eigenvalue weighted by Gasteiger charge is 2.26. The quantitative estimate of drug-likeness (QED) is 0.554. The van der Waals surface area contributed by atoms with Gasteiger partial charge in [-0.15, -0.1) is 0 Å². The SMILES string of the molecule is Nc1cc(-c2c(-c3ccc(F)cc3)nn3c2CN(Cc2ccccc2)CC3)ccn1. The van der Waals surface area contributed by atoms with Gasteiger partial charge in [-0.2, -0.15) is 5.10 Å². The lowest BCUT2D eigenvalue weighted by molar-refractivity contribution is 0.206. The third-order valence-corrected chi connectivity index (χ3v) is 5.50. The predicted molar refractivity (Wildman–Crippen MR) is 116 cm³/mol. The first kappa shape index (κ1) is 18.5. The maximum atomic E-state index is 13.5. The molecule has 5 rings (SSSR count). The molecule has 0 aliphatic carbocycles. The summed E-state index contributed by atoms with van der Waals surface area (Å²) in [6, 6.07) is 20.8. The second-order valence-electron chi connectivity index (χ2n) is 7.57. The minimum absolute atomic E-state index is 0.258. The molecule has 0 bridgehead atoms. The van der Waals surface area contributed by atoms with Gasteiger partial charge in [0.2, 0.25) is 0 Å². The number of anilines is 1. The highest BCUT2D eigenvalue weighted by molar-refractivity contribution is 5.83. The molecule has 0 radical (unpaired) electrons. The van der Waals surface area contributed by atoms with Crippen molar-refractivity contribution >= 4 is 5.82 Å². The molecule has 0 saturated carbocycles. The summed E-state index contributed by atoms with van der Waals surface area (Å²) in [6.45, 7) is 3.39. The number of aromatic nitrogens is 3. The van der Waals surface area contributed by atoms with Crippen LogP contribution < -0.4 is 5.73 Å². The van der Waals surface area contributed by atoms with Crippen LogP contribution in [0.4, 0.5) is 10.2 Å². The molecule has 2 N–H and O–H groups in total. The van der Waals surface area contributed by atoms with E-state index in [1.54, 1.807) is 18.3 Å².